The fourth-order valence-corrected chi connectivity index (χ4v) is 2.02. The second-order valence-corrected chi connectivity index (χ2v) is 5.59. The lowest BCUT2D eigenvalue weighted by molar-refractivity contribution is -0.119. The van der Waals surface area contributed by atoms with Crippen LogP contribution in [0.1, 0.15) is 32.5 Å². The van der Waals surface area contributed by atoms with Crippen molar-refractivity contribution < 1.29 is 9.59 Å². The summed E-state index contributed by atoms with van der Waals surface area (Å²) in [6.45, 7) is 5.99. The first kappa shape index (κ1) is 17.6. The minimum atomic E-state index is -0.171. The molecular formula is C16H22N6O2. The van der Waals surface area contributed by atoms with Gasteiger partial charge in [0, 0.05) is 12.3 Å². The van der Waals surface area contributed by atoms with E-state index in [-0.39, 0.29) is 24.2 Å². The number of aromatic nitrogens is 4. The summed E-state index contributed by atoms with van der Waals surface area (Å²) in [5.74, 6) is 0.333. The number of nitrogens with zero attached hydrogens (tertiary/aromatic N) is 4. The summed E-state index contributed by atoms with van der Waals surface area (Å²) < 4.78 is 1.57. The molecule has 2 aromatic rings. The van der Waals surface area contributed by atoms with Gasteiger partial charge in [-0.05, 0) is 35.9 Å². The van der Waals surface area contributed by atoms with Gasteiger partial charge in [0.25, 0.3) is 0 Å². The van der Waals surface area contributed by atoms with Crippen LogP contribution in [0.3, 0.4) is 0 Å². The molecule has 0 saturated carbocycles. The van der Waals surface area contributed by atoms with Crippen LogP contribution in [0.25, 0.3) is 0 Å². The number of hydrogen-bond donors (Lipinski definition) is 2. The number of hydrogen-bond acceptors (Lipinski definition) is 5. The molecule has 8 nitrogen and oxygen atoms in total. The fraction of sp³-hybridized carbons (Fsp3) is 0.438. The lowest BCUT2D eigenvalue weighted by Gasteiger charge is -2.14. The smallest absolute Gasteiger partial charge is 0.227 e. The maximum absolute atomic E-state index is 12.1. The summed E-state index contributed by atoms with van der Waals surface area (Å²) in [7, 11) is 0. The lowest BCUT2D eigenvalue weighted by Crippen LogP contribution is -2.21. The molecule has 1 aromatic heterocycles. The number of rotatable bonds is 7. The maximum atomic E-state index is 12.1. The standard InChI is InChI=1S/C16H22N6O2/c1-4-11(2)16(24)18-14-8-6-5-7-13(14)17-15(23)9-10-22-12(3)19-20-21-22/h5-8,11H,4,9-10H2,1-3H3,(H,17,23)(H,18,24). The van der Waals surface area contributed by atoms with E-state index in [0.717, 1.165) is 6.42 Å². The molecule has 0 spiro atoms. The normalized spacial score (nSPS) is 11.8. The number of benzene rings is 1. The van der Waals surface area contributed by atoms with Gasteiger partial charge in [-0.2, -0.15) is 0 Å². The monoisotopic (exact) mass is 330 g/mol. The van der Waals surface area contributed by atoms with E-state index in [2.05, 4.69) is 26.2 Å². The SMILES string of the molecule is CCC(C)C(=O)Nc1ccccc1NC(=O)CCn1nnnc1C. The van der Waals surface area contributed by atoms with Gasteiger partial charge in [-0.25, -0.2) is 4.68 Å². The molecule has 0 bridgehead atoms. The Morgan fingerprint density at radius 1 is 1.21 bits per heavy atom. The van der Waals surface area contributed by atoms with Gasteiger partial charge >= 0.3 is 0 Å². The molecule has 0 aliphatic rings. The Labute approximate surface area is 140 Å². The molecule has 2 N–H and O–H groups in total. The van der Waals surface area contributed by atoms with Crippen LogP contribution >= 0.6 is 0 Å². The third-order valence-electron chi connectivity index (χ3n) is 3.78. The Hall–Kier alpha value is -2.77. The molecule has 1 unspecified atom stereocenters. The molecular weight excluding hydrogens is 308 g/mol. The zero-order valence-electron chi connectivity index (χ0n) is 14.1. The number of tetrazole rings is 1. The Bertz CT molecular complexity index is 712. The zero-order valence-corrected chi connectivity index (χ0v) is 14.1. The minimum absolute atomic E-state index is 0.0662. The van der Waals surface area contributed by atoms with Crippen LogP contribution in [0.2, 0.25) is 0 Å². The highest BCUT2D eigenvalue weighted by Gasteiger charge is 2.14. The van der Waals surface area contributed by atoms with Gasteiger partial charge in [0.1, 0.15) is 5.82 Å². The van der Waals surface area contributed by atoms with Crippen LogP contribution in [-0.2, 0) is 16.1 Å². The van der Waals surface area contributed by atoms with Gasteiger partial charge in [-0.15, -0.1) is 5.10 Å². The molecule has 8 heteroatoms. The molecule has 0 fully saturated rings. The van der Waals surface area contributed by atoms with Gasteiger partial charge in [0.15, 0.2) is 0 Å². The van der Waals surface area contributed by atoms with Gasteiger partial charge in [0.05, 0.1) is 17.9 Å². The van der Waals surface area contributed by atoms with Crippen molar-refractivity contribution in [1.82, 2.24) is 20.2 Å². The third-order valence-corrected chi connectivity index (χ3v) is 3.78. The topological polar surface area (TPSA) is 102 Å². The van der Waals surface area contributed by atoms with Crippen LogP contribution < -0.4 is 10.6 Å². The van der Waals surface area contributed by atoms with Crippen LogP contribution in [0, 0.1) is 12.8 Å². The molecule has 0 aliphatic carbocycles. The van der Waals surface area contributed by atoms with Crippen molar-refractivity contribution in [2.45, 2.75) is 40.2 Å². The van der Waals surface area contributed by atoms with E-state index < -0.39 is 0 Å². The number of aryl methyl sites for hydroxylation is 2. The largest absolute Gasteiger partial charge is 0.324 e. The summed E-state index contributed by atoms with van der Waals surface area (Å²) in [6, 6.07) is 7.14. The lowest BCUT2D eigenvalue weighted by atomic mass is 10.1. The molecule has 24 heavy (non-hydrogen) atoms. The predicted octanol–water partition coefficient (Wildman–Crippen LogP) is 1.99. The highest BCUT2D eigenvalue weighted by molar-refractivity contribution is 6.00. The van der Waals surface area contributed by atoms with Crippen LogP contribution in [-0.4, -0.2) is 32.0 Å². The molecule has 2 amide bonds. The summed E-state index contributed by atoms with van der Waals surface area (Å²) in [5.41, 5.74) is 1.17. The van der Waals surface area contributed by atoms with Crippen molar-refractivity contribution in [3.05, 3.63) is 30.1 Å². The van der Waals surface area contributed by atoms with Crippen molar-refractivity contribution in [2.24, 2.45) is 5.92 Å². The molecule has 1 aromatic carbocycles. The summed E-state index contributed by atoms with van der Waals surface area (Å²) >= 11 is 0. The molecule has 1 heterocycles. The van der Waals surface area contributed by atoms with E-state index >= 15 is 0 Å². The summed E-state index contributed by atoms with van der Waals surface area (Å²) in [4.78, 5) is 24.2. The molecule has 128 valence electrons. The summed E-state index contributed by atoms with van der Waals surface area (Å²) in [5, 5.41) is 16.8. The molecule has 1 atom stereocenters. The first-order valence-corrected chi connectivity index (χ1v) is 7.93. The van der Waals surface area contributed by atoms with Crippen molar-refractivity contribution in [2.75, 3.05) is 10.6 Å². The van der Waals surface area contributed by atoms with E-state index in [9.17, 15) is 9.59 Å². The van der Waals surface area contributed by atoms with Crippen molar-refractivity contribution in [3.8, 4) is 0 Å². The van der Waals surface area contributed by atoms with Crippen LogP contribution in [0.5, 0.6) is 0 Å². The van der Waals surface area contributed by atoms with Crippen molar-refractivity contribution in [1.29, 1.82) is 0 Å². The fourth-order valence-electron chi connectivity index (χ4n) is 2.02. The van der Waals surface area contributed by atoms with Gasteiger partial charge in [-0.3, -0.25) is 9.59 Å². The first-order chi connectivity index (χ1) is 11.5. The number of amides is 2. The van der Waals surface area contributed by atoms with E-state index in [1.165, 1.54) is 0 Å². The van der Waals surface area contributed by atoms with Crippen molar-refractivity contribution >= 4 is 23.2 Å². The Kier molecular flexibility index (Phi) is 6.00. The number of anilines is 2. The van der Waals surface area contributed by atoms with Crippen LogP contribution in [0.4, 0.5) is 11.4 Å². The molecule has 0 saturated heterocycles. The summed E-state index contributed by atoms with van der Waals surface area (Å²) in [6.07, 6.45) is 0.991. The van der Waals surface area contributed by atoms with E-state index in [1.54, 1.807) is 29.8 Å². The van der Waals surface area contributed by atoms with Crippen molar-refractivity contribution in [3.63, 3.8) is 0 Å². The second-order valence-electron chi connectivity index (χ2n) is 5.59. The van der Waals surface area contributed by atoms with E-state index in [1.807, 2.05) is 19.9 Å². The highest BCUT2D eigenvalue weighted by atomic mass is 16.2. The average Bonchev–Trinajstić information content (AvgIpc) is 2.99. The Balaban J connectivity index is 1.97. The number of carbonyl (C=O) groups is 2. The second kappa shape index (κ2) is 8.19. The third kappa shape index (κ3) is 4.61. The molecule has 0 aliphatic heterocycles. The van der Waals surface area contributed by atoms with E-state index in [0.29, 0.717) is 23.7 Å². The van der Waals surface area contributed by atoms with E-state index in [4.69, 9.17) is 0 Å². The Morgan fingerprint density at radius 2 is 1.88 bits per heavy atom. The highest BCUT2D eigenvalue weighted by Crippen LogP contribution is 2.22. The number of nitrogens with one attached hydrogen (secondary N) is 2. The molecule has 0 radical (unpaired) electrons. The number of carbonyl (C=O) groups excluding carboxylic acids is 2. The van der Waals surface area contributed by atoms with Gasteiger partial charge in [0.2, 0.25) is 11.8 Å². The quantitative estimate of drug-likeness (QED) is 0.808. The minimum Gasteiger partial charge on any atom is -0.324 e. The first-order valence-electron chi connectivity index (χ1n) is 7.93. The predicted molar refractivity (Wildman–Crippen MR) is 90.3 cm³/mol. The zero-order chi connectivity index (χ0) is 17.5. The van der Waals surface area contributed by atoms with Crippen LogP contribution in [0.15, 0.2) is 24.3 Å². The maximum Gasteiger partial charge on any atom is 0.227 e. The number of para-hydroxylation sites is 2. The molecule has 2 rings (SSSR count). The van der Waals surface area contributed by atoms with Gasteiger partial charge < -0.3 is 10.6 Å². The average molecular weight is 330 g/mol. The Morgan fingerprint density at radius 3 is 2.46 bits per heavy atom. The van der Waals surface area contributed by atoms with Gasteiger partial charge in [-0.1, -0.05) is 26.0 Å².